The molecule has 1 rings (SSSR count). The van der Waals surface area contributed by atoms with Gasteiger partial charge in [-0.3, -0.25) is 4.79 Å². The molecule has 0 aromatic rings. The Hall–Kier alpha value is -1.30. The van der Waals surface area contributed by atoms with E-state index in [-0.39, 0.29) is 12.6 Å². The predicted octanol–water partition coefficient (Wildman–Crippen LogP) is -0.0808. The Balaban J connectivity index is 2.29. The van der Waals surface area contributed by atoms with Crippen LogP contribution in [-0.4, -0.2) is 37.7 Å². The van der Waals surface area contributed by atoms with Crippen LogP contribution in [0.25, 0.3) is 10.4 Å². The Morgan fingerprint density at radius 1 is 1.80 bits per heavy atom. The molecule has 0 bridgehead atoms. The third-order valence-electron chi connectivity index (χ3n) is 2.29. The second kappa shape index (κ2) is 6.23. The Labute approximate surface area is 87.6 Å². The number of nitrogens with two attached hydrogens (primary N) is 1. The lowest BCUT2D eigenvalue weighted by atomic mass is 10.2. The van der Waals surface area contributed by atoms with E-state index in [0.29, 0.717) is 6.54 Å². The summed E-state index contributed by atoms with van der Waals surface area (Å²) >= 11 is 0. The van der Waals surface area contributed by atoms with Crippen molar-refractivity contribution in [3.05, 3.63) is 10.4 Å². The number of hydrogen-bond donors (Lipinski definition) is 2. The molecule has 1 heterocycles. The maximum Gasteiger partial charge on any atom is 0.234 e. The Morgan fingerprint density at radius 2 is 2.60 bits per heavy atom. The molecule has 7 nitrogen and oxygen atoms in total. The van der Waals surface area contributed by atoms with Crippen molar-refractivity contribution >= 4 is 5.91 Å². The summed E-state index contributed by atoms with van der Waals surface area (Å²) in [6, 6.07) is -0.606. The average Bonchev–Trinajstić information content (AvgIpc) is 2.70. The molecule has 0 aliphatic carbocycles. The molecule has 3 N–H and O–H groups in total. The zero-order valence-electron chi connectivity index (χ0n) is 8.43. The highest BCUT2D eigenvalue weighted by Gasteiger charge is 2.19. The van der Waals surface area contributed by atoms with E-state index in [0.717, 1.165) is 19.4 Å². The average molecular weight is 213 g/mol. The number of amides is 1. The number of primary amides is 1. The number of carbonyl (C=O) groups excluding carboxylic acids is 1. The highest BCUT2D eigenvalue weighted by molar-refractivity contribution is 5.80. The minimum Gasteiger partial charge on any atom is -0.377 e. The summed E-state index contributed by atoms with van der Waals surface area (Å²) in [6.07, 6.45) is 2.17. The van der Waals surface area contributed by atoms with Gasteiger partial charge < -0.3 is 15.8 Å². The van der Waals surface area contributed by atoms with Gasteiger partial charge in [0.15, 0.2) is 0 Å². The van der Waals surface area contributed by atoms with Gasteiger partial charge in [-0.1, -0.05) is 5.11 Å². The van der Waals surface area contributed by atoms with E-state index in [2.05, 4.69) is 15.3 Å². The molecule has 2 unspecified atom stereocenters. The molecule has 0 radical (unpaired) electrons. The summed E-state index contributed by atoms with van der Waals surface area (Å²) in [6.45, 7) is 1.37. The van der Waals surface area contributed by atoms with E-state index >= 15 is 0 Å². The van der Waals surface area contributed by atoms with Gasteiger partial charge in [-0.15, -0.1) is 0 Å². The van der Waals surface area contributed by atoms with Gasteiger partial charge >= 0.3 is 0 Å². The second-order valence-corrected chi connectivity index (χ2v) is 3.41. The fourth-order valence-electron chi connectivity index (χ4n) is 1.45. The molecule has 1 aliphatic heterocycles. The molecular weight excluding hydrogens is 198 g/mol. The molecule has 0 aromatic heterocycles. The highest BCUT2D eigenvalue weighted by Crippen LogP contribution is 2.10. The first-order valence-electron chi connectivity index (χ1n) is 4.89. The van der Waals surface area contributed by atoms with Crippen molar-refractivity contribution in [3.63, 3.8) is 0 Å². The number of hydrogen-bond acceptors (Lipinski definition) is 4. The molecule has 0 aromatic carbocycles. The van der Waals surface area contributed by atoms with Crippen LogP contribution >= 0.6 is 0 Å². The first-order valence-corrected chi connectivity index (χ1v) is 4.89. The number of azide groups is 1. The smallest absolute Gasteiger partial charge is 0.234 e. The van der Waals surface area contributed by atoms with E-state index in [1.807, 2.05) is 0 Å². The van der Waals surface area contributed by atoms with Crippen LogP contribution in [0.15, 0.2) is 5.11 Å². The zero-order valence-corrected chi connectivity index (χ0v) is 8.43. The lowest BCUT2D eigenvalue weighted by Gasteiger charge is -2.16. The lowest BCUT2D eigenvalue weighted by Crippen LogP contribution is -2.46. The third-order valence-corrected chi connectivity index (χ3v) is 2.29. The summed E-state index contributed by atoms with van der Waals surface area (Å²) in [7, 11) is 0. The van der Waals surface area contributed by atoms with Gasteiger partial charge in [0.05, 0.1) is 18.7 Å². The second-order valence-electron chi connectivity index (χ2n) is 3.41. The molecule has 1 saturated heterocycles. The predicted molar refractivity (Wildman–Crippen MR) is 54.0 cm³/mol. The maximum absolute atomic E-state index is 10.9. The van der Waals surface area contributed by atoms with Gasteiger partial charge in [0, 0.05) is 18.1 Å². The Bertz CT molecular complexity index is 258. The third kappa shape index (κ3) is 4.16. The van der Waals surface area contributed by atoms with Gasteiger partial charge in [0.2, 0.25) is 5.91 Å². The van der Waals surface area contributed by atoms with Crippen LogP contribution < -0.4 is 11.1 Å². The number of nitrogens with one attached hydrogen (secondary N) is 1. The van der Waals surface area contributed by atoms with Crippen molar-refractivity contribution in [2.45, 2.75) is 25.0 Å². The van der Waals surface area contributed by atoms with Gasteiger partial charge in [-0.25, -0.2) is 0 Å². The van der Waals surface area contributed by atoms with Gasteiger partial charge in [-0.2, -0.15) is 0 Å². The number of nitrogens with zero attached hydrogens (tertiary/aromatic N) is 3. The minimum absolute atomic E-state index is 0.0402. The molecule has 84 valence electrons. The molecule has 1 amide bonds. The van der Waals surface area contributed by atoms with Crippen molar-refractivity contribution in [2.75, 3.05) is 19.7 Å². The van der Waals surface area contributed by atoms with Crippen molar-refractivity contribution in [2.24, 2.45) is 10.8 Å². The van der Waals surface area contributed by atoms with Crippen LogP contribution in [0.4, 0.5) is 0 Å². The monoisotopic (exact) mass is 213 g/mol. The maximum atomic E-state index is 10.9. The topological polar surface area (TPSA) is 113 Å². The Morgan fingerprint density at radius 3 is 3.13 bits per heavy atom. The van der Waals surface area contributed by atoms with Crippen LogP contribution in [0.5, 0.6) is 0 Å². The molecule has 0 saturated carbocycles. The van der Waals surface area contributed by atoms with Gasteiger partial charge in [0.25, 0.3) is 0 Å². The first kappa shape index (κ1) is 11.8. The van der Waals surface area contributed by atoms with Crippen molar-refractivity contribution in [1.29, 1.82) is 0 Å². The fourth-order valence-corrected chi connectivity index (χ4v) is 1.45. The zero-order chi connectivity index (χ0) is 11.1. The van der Waals surface area contributed by atoms with E-state index < -0.39 is 11.9 Å². The van der Waals surface area contributed by atoms with Crippen molar-refractivity contribution in [3.8, 4) is 0 Å². The van der Waals surface area contributed by atoms with Gasteiger partial charge in [-0.05, 0) is 18.4 Å². The summed E-state index contributed by atoms with van der Waals surface area (Å²) in [5, 5.41) is 6.25. The molecule has 1 fully saturated rings. The lowest BCUT2D eigenvalue weighted by molar-refractivity contribution is -0.119. The fraction of sp³-hybridized carbons (Fsp3) is 0.875. The first-order chi connectivity index (χ1) is 7.24. The molecule has 7 heteroatoms. The molecular formula is C8H15N5O2. The number of ether oxygens (including phenoxy) is 1. The quantitative estimate of drug-likeness (QED) is 0.365. The molecule has 2 atom stereocenters. The normalized spacial score (nSPS) is 22.0. The van der Waals surface area contributed by atoms with Crippen LogP contribution in [0.1, 0.15) is 12.8 Å². The van der Waals surface area contributed by atoms with Crippen LogP contribution in [0.3, 0.4) is 0 Å². The molecule has 1 aliphatic rings. The SMILES string of the molecule is [N-]=[N+]=NCC(NCC1CCCO1)C(N)=O. The van der Waals surface area contributed by atoms with Crippen LogP contribution in [0.2, 0.25) is 0 Å². The minimum atomic E-state index is -0.606. The van der Waals surface area contributed by atoms with E-state index in [1.54, 1.807) is 0 Å². The van der Waals surface area contributed by atoms with Crippen molar-refractivity contribution < 1.29 is 9.53 Å². The summed E-state index contributed by atoms with van der Waals surface area (Å²) < 4.78 is 5.37. The summed E-state index contributed by atoms with van der Waals surface area (Å²) in [5.41, 5.74) is 13.3. The van der Waals surface area contributed by atoms with Crippen molar-refractivity contribution in [1.82, 2.24) is 5.32 Å². The van der Waals surface area contributed by atoms with E-state index in [9.17, 15) is 4.79 Å². The van der Waals surface area contributed by atoms with Gasteiger partial charge in [0.1, 0.15) is 0 Å². The van der Waals surface area contributed by atoms with Crippen LogP contribution in [0, 0.1) is 0 Å². The Kier molecular flexibility index (Phi) is 4.89. The largest absolute Gasteiger partial charge is 0.377 e. The molecule has 15 heavy (non-hydrogen) atoms. The highest BCUT2D eigenvalue weighted by atomic mass is 16.5. The summed E-state index contributed by atoms with van der Waals surface area (Å²) in [4.78, 5) is 13.5. The standard InChI is InChI=1S/C8H15N5O2/c9-8(14)7(5-12-13-10)11-4-6-2-1-3-15-6/h6-7,11H,1-5H2,(H2,9,14). The summed E-state index contributed by atoms with van der Waals surface area (Å²) in [5.74, 6) is -0.514. The molecule has 0 spiro atoms. The number of rotatable bonds is 6. The number of carbonyl (C=O) groups is 1. The van der Waals surface area contributed by atoms with E-state index in [1.165, 1.54) is 0 Å². The van der Waals surface area contributed by atoms with Crippen LogP contribution in [-0.2, 0) is 9.53 Å². The van der Waals surface area contributed by atoms with E-state index in [4.69, 9.17) is 16.0 Å².